The highest BCUT2D eigenvalue weighted by Crippen LogP contribution is 2.68. The average Bonchev–Trinajstić information content (AvgIpc) is 3.23. The first-order chi connectivity index (χ1) is 13.6. The maximum atomic E-state index is 12.7. The number of fused-ring (bicyclic) bond motifs is 1. The standard InChI is InChI=1S/C21H21ClN2O3S2/c1-19(2,29(3)26)16-7-5-14(27-16)17(25)24-21-9-20(10-21,11-21)18-23-13-8-12(22)4-6-15(13)28-18/h4-8H,9-11H2,1-3H3,(H,24,25). The Morgan fingerprint density at radius 2 is 2.03 bits per heavy atom. The summed E-state index contributed by atoms with van der Waals surface area (Å²) in [6, 6.07) is 9.22. The van der Waals surface area contributed by atoms with Gasteiger partial charge in [0.05, 0.1) is 16.5 Å². The monoisotopic (exact) mass is 448 g/mol. The van der Waals surface area contributed by atoms with E-state index >= 15 is 0 Å². The van der Waals surface area contributed by atoms with Crippen LogP contribution in [-0.2, 0) is 21.3 Å². The molecule has 0 saturated heterocycles. The first-order valence-electron chi connectivity index (χ1n) is 9.46. The molecule has 29 heavy (non-hydrogen) atoms. The van der Waals surface area contributed by atoms with Gasteiger partial charge in [0.2, 0.25) is 0 Å². The van der Waals surface area contributed by atoms with Crippen LogP contribution in [0, 0.1) is 0 Å². The molecule has 1 unspecified atom stereocenters. The van der Waals surface area contributed by atoms with E-state index in [1.165, 1.54) is 0 Å². The van der Waals surface area contributed by atoms with Gasteiger partial charge in [-0.05, 0) is 74.6 Å². The van der Waals surface area contributed by atoms with Crippen molar-refractivity contribution in [3.63, 3.8) is 0 Å². The van der Waals surface area contributed by atoms with Crippen LogP contribution in [-0.4, -0.2) is 27.2 Å². The number of hydrogen-bond donors (Lipinski definition) is 1. The molecule has 1 aromatic carbocycles. The molecule has 5 nitrogen and oxygen atoms in total. The van der Waals surface area contributed by atoms with Gasteiger partial charge in [-0.3, -0.25) is 4.79 Å². The topological polar surface area (TPSA) is 78.2 Å². The third-order valence-electron chi connectivity index (χ3n) is 6.35. The van der Waals surface area contributed by atoms with Crippen LogP contribution in [0.4, 0.5) is 0 Å². The Kier molecular flexibility index (Phi) is 4.17. The lowest BCUT2D eigenvalue weighted by Crippen LogP contribution is -2.76. The molecule has 3 aliphatic rings. The average molecular weight is 449 g/mol. The van der Waals surface area contributed by atoms with Crippen molar-refractivity contribution in [2.75, 3.05) is 6.26 Å². The van der Waals surface area contributed by atoms with Crippen LogP contribution in [0.5, 0.6) is 0 Å². The van der Waals surface area contributed by atoms with E-state index in [1.807, 2.05) is 32.0 Å². The summed E-state index contributed by atoms with van der Waals surface area (Å²) < 4.78 is 18.2. The molecular formula is C21H21ClN2O3S2. The van der Waals surface area contributed by atoms with Crippen LogP contribution in [0.2, 0.25) is 5.02 Å². The van der Waals surface area contributed by atoms with Crippen molar-refractivity contribution in [2.45, 2.75) is 48.8 Å². The van der Waals surface area contributed by atoms with E-state index in [4.69, 9.17) is 21.0 Å². The van der Waals surface area contributed by atoms with Crippen LogP contribution in [0.15, 0.2) is 34.7 Å². The van der Waals surface area contributed by atoms with Crippen molar-refractivity contribution in [2.24, 2.45) is 0 Å². The quantitative estimate of drug-likeness (QED) is 0.571. The highest BCUT2D eigenvalue weighted by atomic mass is 35.5. The molecule has 3 aliphatic carbocycles. The summed E-state index contributed by atoms with van der Waals surface area (Å²) in [6.45, 7) is 3.69. The molecule has 1 amide bonds. The number of thiazole rings is 1. The Morgan fingerprint density at radius 3 is 2.72 bits per heavy atom. The van der Waals surface area contributed by atoms with E-state index in [-0.39, 0.29) is 22.6 Å². The molecule has 8 heteroatoms. The maximum absolute atomic E-state index is 12.7. The minimum Gasteiger partial charge on any atom is -0.616 e. The lowest BCUT2D eigenvalue weighted by atomic mass is 9.39. The van der Waals surface area contributed by atoms with Crippen LogP contribution < -0.4 is 5.32 Å². The molecule has 6 rings (SSSR count). The highest BCUT2D eigenvalue weighted by molar-refractivity contribution is 7.91. The van der Waals surface area contributed by atoms with Gasteiger partial charge in [0.25, 0.3) is 5.91 Å². The zero-order valence-corrected chi connectivity index (χ0v) is 18.8. The van der Waals surface area contributed by atoms with Gasteiger partial charge >= 0.3 is 0 Å². The molecule has 1 atom stereocenters. The molecule has 2 heterocycles. The third-order valence-corrected chi connectivity index (χ3v) is 9.51. The lowest BCUT2D eigenvalue weighted by Gasteiger charge is -2.69. The molecular weight excluding hydrogens is 428 g/mol. The van der Waals surface area contributed by atoms with Crippen molar-refractivity contribution in [3.05, 3.63) is 51.9 Å². The number of carbonyl (C=O) groups excluding carboxylic acids is 1. The Morgan fingerprint density at radius 1 is 1.31 bits per heavy atom. The Bertz CT molecular complexity index is 1110. The molecule has 3 fully saturated rings. The minimum atomic E-state index is -1.10. The second-order valence-electron chi connectivity index (χ2n) is 8.80. The number of nitrogens with one attached hydrogen (secondary N) is 1. The highest BCUT2D eigenvalue weighted by Gasteiger charge is 2.70. The summed E-state index contributed by atoms with van der Waals surface area (Å²) in [5, 5.41) is 4.99. The van der Waals surface area contributed by atoms with Gasteiger partial charge in [0.15, 0.2) is 16.3 Å². The van der Waals surface area contributed by atoms with E-state index in [0.29, 0.717) is 10.8 Å². The van der Waals surface area contributed by atoms with E-state index in [2.05, 4.69) is 5.32 Å². The fourth-order valence-corrected chi connectivity index (χ4v) is 6.19. The SMILES string of the molecule is C[S+]([O-])C(C)(C)c1ccc(C(=O)NC23CC(c4nc5cc(Cl)ccc5s4)(C2)C3)o1. The summed E-state index contributed by atoms with van der Waals surface area (Å²) in [5.41, 5.74) is 0.862. The van der Waals surface area contributed by atoms with Crippen molar-refractivity contribution in [3.8, 4) is 0 Å². The largest absolute Gasteiger partial charge is 0.616 e. The van der Waals surface area contributed by atoms with Crippen molar-refractivity contribution in [1.82, 2.24) is 10.3 Å². The Labute approximate surface area is 181 Å². The van der Waals surface area contributed by atoms with Crippen LogP contribution in [0.25, 0.3) is 10.2 Å². The van der Waals surface area contributed by atoms with Crippen molar-refractivity contribution in [1.29, 1.82) is 0 Å². The second kappa shape index (κ2) is 6.23. The van der Waals surface area contributed by atoms with Gasteiger partial charge in [-0.1, -0.05) is 11.6 Å². The fourth-order valence-electron chi connectivity index (χ4n) is 4.50. The minimum absolute atomic E-state index is 0.0822. The van der Waals surface area contributed by atoms with Crippen LogP contribution >= 0.6 is 22.9 Å². The van der Waals surface area contributed by atoms with E-state index in [9.17, 15) is 9.35 Å². The Balaban J connectivity index is 1.27. The third kappa shape index (κ3) is 2.93. The summed E-state index contributed by atoms with van der Waals surface area (Å²) in [7, 11) is 0. The molecule has 0 spiro atoms. The summed E-state index contributed by atoms with van der Waals surface area (Å²) >= 11 is 6.69. The zero-order chi connectivity index (χ0) is 20.6. The Hall–Kier alpha value is -1.54. The second-order valence-corrected chi connectivity index (χ2v) is 12.2. The number of rotatable bonds is 5. The number of carbonyl (C=O) groups is 1. The number of hydrogen-bond acceptors (Lipinski definition) is 5. The van der Waals surface area contributed by atoms with Gasteiger partial charge in [-0.15, -0.1) is 11.3 Å². The zero-order valence-electron chi connectivity index (χ0n) is 16.4. The molecule has 2 bridgehead atoms. The first-order valence-corrected chi connectivity index (χ1v) is 12.2. The smallest absolute Gasteiger partial charge is 0.287 e. The van der Waals surface area contributed by atoms with Gasteiger partial charge in [0.1, 0.15) is 5.01 Å². The lowest BCUT2D eigenvalue weighted by molar-refractivity contribution is -0.0811. The number of nitrogens with zero attached hydrogens (tertiary/aromatic N) is 1. The molecule has 152 valence electrons. The van der Waals surface area contributed by atoms with E-state index in [1.54, 1.807) is 29.7 Å². The number of benzene rings is 1. The number of amides is 1. The maximum Gasteiger partial charge on any atom is 0.287 e. The van der Waals surface area contributed by atoms with Crippen LogP contribution in [0.1, 0.15) is 54.4 Å². The van der Waals surface area contributed by atoms with Crippen molar-refractivity contribution >= 4 is 50.2 Å². The van der Waals surface area contributed by atoms with Crippen LogP contribution in [0.3, 0.4) is 0 Å². The van der Waals surface area contributed by atoms with E-state index in [0.717, 1.165) is 34.5 Å². The molecule has 1 N–H and O–H groups in total. The summed E-state index contributed by atoms with van der Waals surface area (Å²) in [4.78, 5) is 17.5. The number of aromatic nitrogens is 1. The fraction of sp³-hybridized carbons (Fsp3) is 0.429. The van der Waals surface area contributed by atoms with Gasteiger partial charge < -0.3 is 14.3 Å². The van der Waals surface area contributed by atoms with Gasteiger partial charge in [-0.25, -0.2) is 4.98 Å². The first kappa shape index (κ1) is 19.4. The predicted octanol–water partition coefficient (Wildman–Crippen LogP) is 4.76. The summed E-state index contributed by atoms with van der Waals surface area (Å²) in [6.07, 6.45) is 4.34. The number of furan rings is 1. The molecule has 0 radical (unpaired) electrons. The van der Waals surface area contributed by atoms with Crippen molar-refractivity contribution < 1.29 is 13.8 Å². The molecule has 3 saturated carbocycles. The molecule has 0 aliphatic heterocycles. The summed E-state index contributed by atoms with van der Waals surface area (Å²) in [5.74, 6) is 0.621. The normalized spacial score (nSPS) is 26.7. The molecule has 3 aromatic rings. The number of halogens is 1. The molecule has 2 aromatic heterocycles. The predicted molar refractivity (Wildman–Crippen MR) is 116 cm³/mol. The van der Waals surface area contributed by atoms with Gasteiger partial charge in [0, 0.05) is 16.0 Å². The van der Waals surface area contributed by atoms with E-state index < -0.39 is 15.9 Å². The van der Waals surface area contributed by atoms with Gasteiger partial charge in [-0.2, -0.15) is 0 Å².